The van der Waals surface area contributed by atoms with Crippen LogP contribution in [0.25, 0.3) is 0 Å². The third-order valence-electron chi connectivity index (χ3n) is 4.05. The number of piperidine rings is 1. The number of amides is 1. The highest BCUT2D eigenvalue weighted by Gasteiger charge is 2.26. The number of aryl methyl sites for hydroxylation is 2. The number of aliphatic carboxylic acids is 1. The number of carbonyl (C=O) groups is 2. The maximum atomic E-state index is 12.2. The highest BCUT2D eigenvalue weighted by Crippen LogP contribution is 2.20. The lowest BCUT2D eigenvalue weighted by molar-refractivity contribution is -0.145. The van der Waals surface area contributed by atoms with Crippen molar-refractivity contribution in [3.8, 4) is 0 Å². The summed E-state index contributed by atoms with van der Waals surface area (Å²) in [6, 6.07) is 6.13. The summed E-state index contributed by atoms with van der Waals surface area (Å²) >= 11 is 3.47. The normalized spacial score (nSPS) is 16.0. The zero-order chi connectivity index (χ0) is 15.4. The number of halogens is 1. The molecule has 4 nitrogen and oxygen atoms in total. The van der Waals surface area contributed by atoms with Crippen LogP contribution in [0.1, 0.15) is 30.4 Å². The quantitative estimate of drug-likeness (QED) is 0.904. The molecule has 0 spiro atoms. The third kappa shape index (κ3) is 4.30. The average molecular weight is 354 g/mol. The molecule has 0 radical (unpaired) electrons. The fraction of sp³-hybridized carbons (Fsp3) is 0.500. The molecule has 1 aromatic carbocycles. The van der Waals surface area contributed by atoms with E-state index in [2.05, 4.69) is 22.0 Å². The van der Waals surface area contributed by atoms with Crippen molar-refractivity contribution in [1.29, 1.82) is 0 Å². The first-order valence-electron chi connectivity index (χ1n) is 7.23. The van der Waals surface area contributed by atoms with Crippen LogP contribution >= 0.6 is 15.9 Å². The molecular weight excluding hydrogens is 334 g/mol. The second-order valence-corrected chi connectivity index (χ2v) is 6.43. The zero-order valence-electron chi connectivity index (χ0n) is 12.1. The molecule has 2 rings (SSSR count). The predicted molar refractivity (Wildman–Crippen MR) is 84.1 cm³/mol. The number of hydrogen-bond acceptors (Lipinski definition) is 2. The summed E-state index contributed by atoms with van der Waals surface area (Å²) in [6.07, 6.45) is 2.35. The summed E-state index contributed by atoms with van der Waals surface area (Å²) in [4.78, 5) is 24.9. The first-order valence-corrected chi connectivity index (χ1v) is 8.02. The SMILES string of the molecule is Cc1cc(CCC(=O)N2CCC(C(=O)O)CC2)ccc1Br. The van der Waals surface area contributed by atoms with E-state index in [4.69, 9.17) is 5.11 Å². The van der Waals surface area contributed by atoms with Gasteiger partial charge in [-0.05, 0) is 43.4 Å². The fourth-order valence-electron chi connectivity index (χ4n) is 2.65. The van der Waals surface area contributed by atoms with E-state index in [1.807, 2.05) is 19.1 Å². The van der Waals surface area contributed by atoms with Gasteiger partial charge in [-0.25, -0.2) is 0 Å². The van der Waals surface area contributed by atoms with Gasteiger partial charge in [-0.1, -0.05) is 28.1 Å². The van der Waals surface area contributed by atoms with Crippen molar-refractivity contribution in [1.82, 2.24) is 4.90 Å². The molecule has 114 valence electrons. The summed E-state index contributed by atoms with van der Waals surface area (Å²) in [5.41, 5.74) is 2.33. The van der Waals surface area contributed by atoms with Gasteiger partial charge in [0.1, 0.15) is 0 Å². The largest absolute Gasteiger partial charge is 0.481 e. The van der Waals surface area contributed by atoms with Gasteiger partial charge in [0, 0.05) is 24.0 Å². The summed E-state index contributed by atoms with van der Waals surface area (Å²) in [5.74, 6) is -0.907. The zero-order valence-corrected chi connectivity index (χ0v) is 13.7. The Balaban J connectivity index is 1.82. The molecule has 1 amide bonds. The van der Waals surface area contributed by atoms with Crippen molar-refractivity contribution in [2.24, 2.45) is 5.92 Å². The lowest BCUT2D eigenvalue weighted by atomic mass is 9.96. The van der Waals surface area contributed by atoms with Crippen LogP contribution in [-0.2, 0) is 16.0 Å². The Labute approximate surface area is 133 Å². The van der Waals surface area contributed by atoms with Gasteiger partial charge in [0.2, 0.25) is 5.91 Å². The second kappa shape index (κ2) is 7.07. The van der Waals surface area contributed by atoms with Gasteiger partial charge in [-0.15, -0.1) is 0 Å². The van der Waals surface area contributed by atoms with E-state index in [1.165, 1.54) is 5.56 Å². The molecule has 21 heavy (non-hydrogen) atoms. The van der Waals surface area contributed by atoms with Crippen molar-refractivity contribution >= 4 is 27.8 Å². The average Bonchev–Trinajstić information content (AvgIpc) is 2.48. The number of benzene rings is 1. The van der Waals surface area contributed by atoms with Crippen LogP contribution in [0, 0.1) is 12.8 Å². The van der Waals surface area contributed by atoms with Gasteiger partial charge in [-0.3, -0.25) is 9.59 Å². The highest BCUT2D eigenvalue weighted by atomic mass is 79.9. The number of nitrogens with zero attached hydrogens (tertiary/aromatic N) is 1. The van der Waals surface area contributed by atoms with Crippen molar-refractivity contribution in [2.75, 3.05) is 13.1 Å². The molecule has 1 fully saturated rings. The van der Waals surface area contributed by atoms with E-state index in [0.717, 1.165) is 16.5 Å². The summed E-state index contributed by atoms with van der Waals surface area (Å²) in [6.45, 7) is 3.16. The minimum Gasteiger partial charge on any atom is -0.481 e. The minimum absolute atomic E-state index is 0.124. The number of carboxylic acids is 1. The Morgan fingerprint density at radius 3 is 2.57 bits per heavy atom. The molecule has 1 saturated heterocycles. The van der Waals surface area contributed by atoms with E-state index in [9.17, 15) is 9.59 Å². The van der Waals surface area contributed by atoms with Crippen LogP contribution in [0.5, 0.6) is 0 Å². The highest BCUT2D eigenvalue weighted by molar-refractivity contribution is 9.10. The minimum atomic E-state index is -0.743. The molecule has 5 heteroatoms. The maximum Gasteiger partial charge on any atom is 0.306 e. The number of hydrogen-bond donors (Lipinski definition) is 1. The van der Waals surface area contributed by atoms with Crippen molar-refractivity contribution in [3.05, 3.63) is 33.8 Å². The number of carbonyl (C=O) groups excluding carboxylic acids is 1. The van der Waals surface area contributed by atoms with Crippen LogP contribution in [0.15, 0.2) is 22.7 Å². The molecule has 1 aliphatic rings. The van der Waals surface area contributed by atoms with Gasteiger partial charge >= 0.3 is 5.97 Å². The topological polar surface area (TPSA) is 57.6 Å². The van der Waals surface area contributed by atoms with Crippen LogP contribution < -0.4 is 0 Å². The smallest absolute Gasteiger partial charge is 0.306 e. The summed E-state index contributed by atoms with van der Waals surface area (Å²) in [5, 5.41) is 8.96. The Morgan fingerprint density at radius 1 is 1.33 bits per heavy atom. The molecule has 1 heterocycles. The Morgan fingerprint density at radius 2 is 2.00 bits per heavy atom. The van der Waals surface area contributed by atoms with Gasteiger partial charge < -0.3 is 10.0 Å². The van der Waals surface area contributed by atoms with E-state index in [1.54, 1.807) is 4.90 Å². The lowest BCUT2D eigenvalue weighted by Crippen LogP contribution is -2.40. The number of rotatable bonds is 4. The van der Waals surface area contributed by atoms with E-state index >= 15 is 0 Å². The van der Waals surface area contributed by atoms with Crippen molar-refractivity contribution < 1.29 is 14.7 Å². The fourth-order valence-corrected chi connectivity index (χ4v) is 2.89. The summed E-state index contributed by atoms with van der Waals surface area (Å²) < 4.78 is 1.08. The number of likely N-dealkylation sites (tertiary alicyclic amines) is 1. The van der Waals surface area contributed by atoms with Crippen LogP contribution in [0.4, 0.5) is 0 Å². The van der Waals surface area contributed by atoms with Crippen LogP contribution in [-0.4, -0.2) is 35.0 Å². The van der Waals surface area contributed by atoms with Gasteiger partial charge in [0.25, 0.3) is 0 Å². The monoisotopic (exact) mass is 353 g/mol. The third-order valence-corrected chi connectivity index (χ3v) is 4.94. The predicted octanol–water partition coefficient (Wildman–Crippen LogP) is 3.01. The molecule has 0 bridgehead atoms. The van der Waals surface area contributed by atoms with Crippen molar-refractivity contribution in [3.63, 3.8) is 0 Å². The lowest BCUT2D eigenvalue weighted by Gasteiger charge is -2.30. The summed E-state index contributed by atoms with van der Waals surface area (Å²) in [7, 11) is 0. The number of carboxylic acid groups (broad SMARTS) is 1. The first kappa shape index (κ1) is 16.0. The molecule has 0 unspecified atom stereocenters. The van der Waals surface area contributed by atoms with Crippen molar-refractivity contribution in [2.45, 2.75) is 32.6 Å². The van der Waals surface area contributed by atoms with E-state index in [-0.39, 0.29) is 11.8 Å². The Bertz CT molecular complexity index is 536. The molecule has 0 aliphatic carbocycles. The molecular formula is C16H20BrNO3. The molecule has 0 atom stereocenters. The molecule has 1 aromatic rings. The van der Waals surface area contributed by atoms with E-state index < -0.39 is 5.97 Å². The second-order valence-electron chi connectivity index (χ2n) is 5.58. The van der Waals surface area contributed by atoms with Crippen LogP contribution in [0.2, 0.25) is 0 Å². The molecule has 0 aromatic heterocycles. The molecule has 1 aliphatic heterocycles. The van der Waals surface area contributed by atoms with Gasteiger partial charge in [0.15, 0.2) is 0 Å². The molecule has 1 N–H and O–H groups in total. The Kier molecular flexibility index (Phi) is 5.39. The van der Waals surface area contributed by atoms with Gasteiger partial charge in [0.05, 0.1) is 5.92 Å². The first-order chi connectivity index (χ1) is 9.97. The van der Waals surface area contributed by atoms with Crippen LogP contribution in [0.3, 0.4) is 0 Å². The molecule has 0 saturated carbocycles. The standard InChI is InChI=1S/C16H20BrNO3/c1-11-10-12(2-4-14(11)17)3-5-15(19)18-8-6-13(7-9-18)16(20)21/h2,4,10,13H,3,5-9H2,1H3,(H,20,21). The van der Waals surface area contributed by atoms with E-state index in [0.29, 0.717) is 32.4 Å². The maximum absolute atomic E-state index is 12.2. The Hall–Kier alpha value is -1.36. The van der Waals surface area contributed by atoms with Gasteiger partial charge in [-0.2, -0.15) is 0 Å².